The predicted molar refractivity (Wildman–Crippen MR) is 84.7 cm³/mol. The molecule has 2 aliphatic rings. The highest BCUT2D eigenvalue weighted by Gasteiger charge is 2.36. The van der Waals surface area contributed by atoms with Gasteiger partial charge in [-0.15, -0.1) is 0 Å². The third-order valence-electron chi connectivity index (χ3n) is 4.73. The van der Waals surface area contributed by atoms with Gasteiger partial charge in [0.05, 0.1) is 12.0 Å². The van der Waals surface area contributed by atoms with Gasteiger partial charge in [-0.05, 0) is 38.4 Å². The highest BCUT2D eigenvalue weighted by Crippen LogP contribution is 2.31. The van der Waals surface area contributed by atoms with Crippen molar-refractivity contribution < 1.29 is 14.7 Å². The maximum atomic E-state index is 12.2. The van der Waals surface area contributed by atoms with Crippen molar-refractivity contribution in [2.24, 2.45) is 0 Å². The number of rotatable bonds is 5. The third kappa shape index (κ3) is 4.80. The zero-order valence-electron chi connectivity index (χ0n) is 12.7. The van der Waals surface area contributed by atoms with E-state index >= 15 is 0 Å². The molecule has 2 amide bonds. The molecule has 0 radical (unpaired) electrons. The van der Waals surface area contributed by atoms with Crippen molar-refractivity contribution in [1.82, 2.24) is 10.6 Å². The van der Waals surface area contributed by atoms with Crippen LogP contribution in [0, 0.1) is 0 Å². The van der Waals surface area contributed by atoms with Crippen LogP contribution in [0.25, 0.3) is 0 Å². The number of carbonyl (C=O) groups excluding carboxylic acids is 1. The Morgan fingerprint density at radius 3 is 2.52 bits per heavy atom. The number of carboxylic acid groups (broad SMARTS) is 1. The van der Waals surface area contributed by atoms with Crippen molar-refractivity contribution in [3.05, 3.63) is 0 Å². The molecule has 0 bridgehead atoms. The molecular formula is C15H26N2O3S. The van der Waals surface area contributed by atoms with Crippen LogP contribution in [0.2, 0.25) is 0 Å². The van der Waals surface area contributed by atoms with Crippen molar-refractivity contribution in [2.75, 3.05) is 6.26 Å². The number of hydrogen-bond donors (Lipinski definition) is 3. The van der Waals surface area contributed by atoms with Gasteiger partial charge in [0, 0.05) is 11.3 Å². The molecule has 0 aromatic heterocycles. The number of hydrogen-bond acceptors (Lipinski definition) is 3. The van der Waals surface area contributed by atoms with Crippen LogP contribution >= 0.6 is 11.8 Å². The SMILES string of the molecule is CSC1CCC(NC(=O)NC2(CC(=O)O)CCCCC2)C1. The fourth-order valence-electron chi connectivity index (χ4n) is 3.61. The van der Waals surface area contributed by atoms with Crippen LogP contribution in [0.3, 0.4) is 0 Å². The zero-order chi connectivity index (χ0) is 15.3. The second-order valence-electron chi connectivity index (χ2n) is 6.38. The van der Waals surface area contributed by atoms with E-state index in [0.29, 0.717) is 5.25 Å². The summed E-state index contributed by atoms with van der Waals surface area (Å²) in [5.41, 5.74) is -0.550. The summed E-state index contributed by atoms with van der Waals surface area (Å²) in [5, 5.41) is 15.8. The van der Waals surface area contributed by atoms with Crippen LogP contribution in [0.1, 0.15) is 57.8 Å². The highest BCUT2D eigenvalue weighted by molar-refractivity contribution is 7.99. The van der Waals surface area contributed by atoms with E-state index in [2.05, 4.69) is 16.9 Å². The van der Waals surface area contributed by atoms with Gasteiger partial charge in [-0.3, -0.25) is 4.79 Å². The van der Waals surface area contributed by atoms with Gasteiger partial charge in [0.25, 0.3) is 0 Å². The molecule has 2 fully saturated rings. The Hall–Kier alpha value is -0.910. The molecule has 0 spiro atoms. The van der Waals surface area contributed by atoms with Crippen molar-refractivity contribution in [3.8, 4) is 0 Å². The molecule has 3 N–H and O–H groups in total. The average Bonchev–Trinajstić information content (AvgIpc) is 2.86. The fraction of sp³-hybridized carbons (Fsp3) is 0.867. The molecule has 0 heterocycles. The normalized spacial score (nSPS) is 28.0. The molecule has 2 unspecified atom stereocenters. The van der Waals surface area contributed by atoms with Crippen LogP contribution in [0.4, 0.5) is 4.79 Å². The molecule has 5 nitrogen and oxygen atoms in total. The molecule has 2 atom stereocenters. The van der Waals surface area contributed by atoms with Gasteiger partial charge in [0.15, 0.2) is 0 Å². The zero-order valence-corrected chi connectivity index (χ0v) is 13.5. The second kappa shape index (κ2) is 7.38. The van der Waals surface area contributed by atoms with Crippen molar-refractivity contribution in [3.63, 3.8) is 0 Å². The summed E-state index contributed by atoms with van der Waals surface area (Å²) < 4.78 is 0. The lowest BCUT2D eigenvalue weighted by Crippen LogP contribution is -2.55. The largest absolute Gasteiger partial charge is 0.481 e. The number of nitrogens with one attached hydrogen (secondary N) is 2. The van der Waals surface area contributed by atoms with Gasteiger partial charge in [-0.1, -0.05) is 19.3 Å². The number of amides is 2. The summed E-state index contributed by atoms with van der Waals surface area (Å²) in [4.78, 5) is 23.3. The number of urea groups is 1. The number of aliphatic carboxylic acids is 1. The fourth-order valence-corrected chi connectivity index (χ4v) is 4.41. The Morgan fingerprint density at radius 2 is 1.95 bits per heavy atom. The monoisotopic (exact) mass is 314 g/mol. The van der Waals surface area contributed by atoms with Gasteiger partial charge in [-0.25, -0.2) is 4.79 Å². The molecule has 2 rings (SSSR count). The van der Waals surface area contributed by atoms with E-state index in [1.165, 1.54) is 0 Å². The van der Waals surface area contributed by atoms with Crippen molar-refractivity contribution in [1.29, 1.82) is 0 Å². The molecule has 0 saturated heterocycles. The first-order valence-corrected chi connectivity index (χ1v) is 9.15. The van der Waals surface area contributed by atoms with Crippen LogP contribution < -0.4 is 10.6 Å². The molecule has 2 aliphatic carbocycles. The van der Waals surface area contributed by atoms with Gasteiger partial charge in [0.2, 0.25) is 0 Å². The molecule has 21 heavy (non-hydrogen) atoms. The summed E-state index contributed by atoms with van der Waals surface area (Å²) in [6, 6.07) is 0.0396. The number of carboxylic acids is 1. The summed E-state index contributed by atoms with van der Waals surface area (Å²) in [5.74, 6) is -0.833. The molecular weight excluding hydrogens is 288 g/mol. The van der Waals surface area contributed by atoms with E-state index in [1.807, 2.05) is 11.8 Å². The summed E-state index contributed by atoms with van der Waals surface area (Å²) in [6.45, 7) is 0. The summed E-state index contributed by atoms with van der Waals surface area (Å²) in [6.07, 6.45) is 9.96. The summed E-state index contributed by atoms with van der Waals surface area (Å²) >= 11 is 1.86. The number of carbonyl (C=O) groups is 2. The lowest BCUT2D eigenvalue weighted by molar-refractivity contribution is -0.139. The first-order chi connectivity index (χ1) is 10.0. The molecule has 2 saturated carbocycles. The topological polar surface area (TPSA) is 78.4 Å². The lowest BCUT2D eigenvalue weighted by atomic mass is 9.79. The Balaban J connectivity index is 1.87. The Labute approximate surface area is 130 Å². The maximum absolute atomic E-state index is 12.2. The minimum atomic E-state index is -0.833. The quantitative estimate of drug-likeness (QED) is 0.729. The minimum absolute atomic E-state index is 0.0263. The van der Waals surface area contributed by atoms with E-state index in [9.17, 15) is 9.59 Å². The van der Waals surface area contributed by atoms with E-state index in [0.717, 1.165) is 51.4 Å². The average molecular weight is 314 g/mol. The predicted octanol–water partition coefficient (Wildman–Crippen LogP) is 2.75. The Kier molecular flexibility index (Phi) is 5.79. The van der Waals surface area contributed by atoms with Crippen molar-refractivity contribution >= 4 is 23.8 Å². The third-order valence-corrected chi connectivity index (χ3v) is 5.83. The number of thioether (sulfide) groups is 1. The summed E-state index contributed by atoms with van der Waals surface area (Å²) in [7, 11) is 0. The van der Waals surface area contributed by atoms with E-state index in [-0.39, 0.29) is 18.5 Å². The molecule has 0 aliphatic heterocycles. The van der Waals surface area contributed by atoms with Crippen LogP contribution in [-0.2, 0) is 4.79 Å². The Bertz CT molecular complexity index is 383. The van der Waals surface area contributed by atoms with Crippen LogP contribution in [0.15, 0.2) is 0 Å². The molecule has 6 heteroatoms. The van der Waals surface area contributed by atoms with Gasteiger partial charge >= 0.3 is 12.0 Å². The first kappa shape index (κ1) is 16.5. The first-order valence-electron chi connectivity index (χ1n) is 7.86. The van der Waals surface area contributed by atoms with Gasteiger partial charge < -0.3 is 15.7 Å². The minimum Gasteiger partial charge on any atom is -0.481 e. The van der Waals surface area contributed by atoms with Crippen LogP contribution in [-0.4, -0.2) is 40.2 Å². The smallest absolute Gasteiger partial charge is 0.315 e. The van der Waals surface area contributed by atoms with E-state index < -0.39 is 11.5 Å². The lowest BCUT2D eigenvalue weighted by Gasteiger charge is -2.37. The van der Waals surface area contributed by atoms with Gasteiger partial charge in [-0.2, -0.15) is 11.8 Å². The maximum Gasteiger partial charge on any atom is 0.315 e. The molecule has 0 aromatic carbocycles. The Morgan fingerprint density at radius 1 is 1.24 bits per heavy atom. The second-order valence-corrected chi connectivity index (χ2v) is 7.52. The molecule has 0 aromatic rings. The van der Waals surface area contributed by atoms with Gasteiger partial charge in [0.1, 0.15) is 0 Å². The van der Waals surface area contributed by atoms with E-state index in [1.54, 1.807) is 0 Å². The van der Waals surface area contributed by atoms with Crippen molar-refractivity contribution in [2.45, 2.75) is 74.6 Å². The standard InChI is InChI=1S/C15H26N2O3S/c1-21-12-6-5-11(9-12)16-14(20)17-15(10-13(18)19)7-3-2-4-8-15/h11-12H,2-10H2,1H3,(H,18,19)(H2,16,17,20). The van der Waals surface area contributed by atoms with Crippen LogP contribution in [0.5, 0.6) is 0 Å². The highest BCUT2D eigenvalue weighted by atomic mass is 32.2. The molecule has 120 valence electrons. The van der Waals surface area contributed by atoms with E-state index in [4.69, 9.17) is 5.11 Å².